The van der Waals surface area contributed by atoms with Crippen LogP contribution in [0.1, 0.15) is 25.8 Å². The lowest BCUT2D eigenvalue weighted by molar-refractivity contribution is 0.0532. The number of fused-ring (bicyclic) bond motifs is 1. The van der Waals surface area contributed by atoms with Gasteiger partial charge in [0.05, 0.1) is 6.54 Å². The van der Waals surface area contributed by atoms with Crippen LogP contribution in [0.4, 0.5) is 0 Å². The Morgan fingerprint density at radius 1 is 1.15 bits per heavy atom. The fourth-order valence-corrected chi connectivity index (χ4v) is 5.82. The van der Waals surface area contributed by atoms with Crippen LogP contribution >= 0.6 is 0 Å². The molecule has 1 spiro atoms. The van der Waals surface area contributed by atoms with Gasteiger partial charge in [0.1, 0.15) is 16.2 Å². The lowest BCUT2D eigenvalue weighted by atomic mass is 10.0. The van der Waals surface area contributed by atoms with Gasteiger partial charge in [-0.15, -0.1) is 0 Å². The molecule has 0 amide bonds. The molecule has 0 aliphatic carbocycles. The fraction of sp³-hybridized carbons (Fsp3) is 0.450. The van der Waals surface area contributed by atoms with Gasteiger partial charge in [-0.25, -0.2) is 8.42 Å². The molecule has 0 unspecified atom stereocenters. The molecular weight excluding hydrogens is 362 g/mol. The molecule has 1 aromatic heterocycles. The van der Waals surface area contributed by atoms with Crippen molar-refractivity contribution in [3.8, 4) is 5.75 Å². The van der Waals surface area contributed by atoms with E-state index in [-0.39, 0.29) is 10.9 Å². The lowest BCUT2D eigenvalue weighted by Gasteiger charge is -2.33. The number of nitrogens with zero attached hydrogens (tertiary/aromatic N) is 3. The van der Waals surface area contributed by atoms with Crippen molar-refractivity contribution >= 4 is 10.0 Å². The second kappa shape index (κ2) is 6.89. The molecule has 6 nitrogen and oxygen atoms in total. The van der Waals surface area contributed by atoms with Crippen LogP contribution in [-0.4, -0.2) is 53.9 Å². The van der Waals surface area contributed by atoms with Gasteiger partial charge in [-0.05, 0) is 43.7 Å². The summed E-state index contributed by atoms with van der Waals surface area (Å²) in [6.07, 6.45) is 4.39. The third-order valence-electron chi connectivity index (χ3n) is 5.33. The van der Waals surface area contributed by atoms with Gasteiger partial charge in [0.15, 0.2) is 0 Å². The van der Waals surface area contributed by atoms with Crippen molar-refractivity contribution in [1.82, 2.24) is 14.2 Å². The second-order valence-electron chi connectivity index (χ2n) is 7.69. The van der Waals surface area contributed by atoms with E-state index >= 15 is 0 Å². The molecule has 0 bridgehead atoms. The molecule has 2 aliphatic rings. The van der Waals surface area contributed by atoms with E-state index in [0.717, 1.165) is 19.5 Å². The summed E-state index contributed by atoms with van der Waals surface area (Å²) in [7, 11) is -3.58. The summed E-state index contributed by atoms with van der Waals surface area (Å²) in [6, 6.07) is 10.9. The molecule has 4 rings (SSSR count). The zero-order valence-electron chi connectivity index (χ0n) is 15.7. The van der Waals surface area contributed by atoms with Gasteiger partial charge in [-0.1, -0.05) is 12.1 Å². The van der Waals surface area contributed by atoms with Crippen molar-refractivity contribution in [2.24, 2.45) is 0 Å². The van der Waals surface area contributed by atoms with E-state index in [0.29, 0.717) is 18.8 Å². The molecular formula is C20H25N3O3S. The number of hydrogen-bond donors (Lipinski definition) is 0. The summed E-state index contributed by atoms with van der Waals surface area (Å²) in [6.45, 7) is 6.59. The maximum Gasteiger partial charge on any atom is 0.247 e. The second-order valence-corrected chi connectivity index (χ2v) is 9.55. The van der Waals surface area contributed by atoms with E-state index in [1.165, 1.54) is 5.56 Å². The van der Waals surface area contributed by atoms with Gasteiger partial charge in [0.25, 0.3) is 0 Å². The summed E-state index contributed by atoms with van der Waals surface area (Å²) in [5.74, 6) is 0.464. The van der Waals surface area contributed by atoms with Crippen LogP contribution < -0.4 is 4.74 Å². The van der Waals surface area contributed by atoms with Crippen LogP contribution in [0.15, 0.2) is 53.7 Å². The number of likely N-dealkylation sites (tertiary alicyclic amines) is 1. The van der Waals surface area contributed by atoms with Crippen molar-refractivity contribution in [3.05, 3.63) is 54.4 Å². The smallest absolute Gasteiger partial charge is 0.247 e. The van der Waals surface area contributed by atoms with Crippen LogP contribution in [-0.2, 0) is 16.6 Å². The molecule has 1 atom stereocenters. The van der Waals surface area contributed by atoms with Crippen LogP contribution in [0.3, 0.4) is 0 Å². The minimum absolute atomic E-state index is 0.129. The predicted molar refractivity (Wildman–Crippen MR) is 103 cm³/mol. The Bertz CT molecular complexity index is 917. The first kappa shape index (κ1) is 18.4. The summed E-state index contributed by atoms with van der Waals surface area (Å²) < 4.78 is 34.4. The Balaban J connectivity index is 1.66. The van der Waals surface area contributed by atoms with Crippen molar-refractivity contribution < 1.29 is 13.2 Å². The quantitative estimate of drug-likeness (QED) is 0.810. The summed E-state index contributed by atoms with van der Waals surface area (Å²) in [4.78, 5) is 6.66. The van der Waals surface area contributed by atoms with Crippen LogP contribution in [0, 0.1) is 0 Å². The zero-order valence-corrected chi connectivity index (χ0v) is 16.5. The molecule has 2 aromatic rings. The molecule has 2 aliphatic heterocycles. The number of ether oxygens (including phenoxy) is 1. The number of pyridine rings is 1. The molecule has 1 aromatic carbocycles. The number of sulfonamides is 1. The van der Waals surface area contributed by atoms with Crippen molar-refractivity contribution in [2.45, 2.75) is 43.4 Å². The third kappa shape index (κ3) is 3.47. The lowest BCUT2D eigenvalue weighted by Crippen LogP contribution is -2.51. The number of para-hydroxylation sites is 1. The molecule has 1 saturated heterocycles. The molecule has 144 valence electrons. The summed E-state index contributed by atoms with van der Waals surface area (Å²) >= 11 is 0. The van der Waals surface area contributed by atoms with Gasteiger partial charge < -0.3 is 4.74 Å². The zero-order chi connectivity index (χ0) is 19.1. The van der Waals surface area contributed by atoms with Crippen LogP contribution in [0.25, 0.3) is 0 Å². The fourth-order valence-electron chi connectivity index (χ4n) is 3.99. The third-order valence-corrected chi connectivity index (χ3v) is 7.39. The largest absolute Gasteiger partial charge is 0.483 e. The number of rotatable bonds is 3. The Morgan fingerprint density at radius 2 is 1.89 bits per heavy atom. The predicted octanol–water partition coefficient (Wildman–Crippen LogP) is 2.52. The minimum Gasteiger partial charge on any atom is -0.483 e. The van der Waals surface area contributed by atoms with E-state index in [9.17, 15) is 8.42 Å². The van der Waals surface area contributed by atoms with Crippen LogP contribution in [0.2, 0.25) is 0 Å². The molecule has 0 N–H and O–H groups in total. The van der Waals surface area contributed by atoms with Gasteiger partial charge in [0, 0.05) is 44.5 Å². The Kier molecular flexibility index (Phi) is 4.70. The maximum atomic E-state index is 13.2. The normalized spacial score (nSPS) is 25.3. The highest BCUT2D eigenvalue weighted by atomic mass is 32.2. The number of aromatic nitrogens is 1. The SMILES string of the molecule is CC(C)N1C[C@@]2(CCN(Cc3ccncc3)C2)Oc2ccccc2S1(=O)=O. The van der Waals surface area contributed by atoms with Gasteiger partial charge in [-0.3, -0.25) is 9.88 Å². The highest BCUT2D eigenvalue weighted by Crippen LogP contribution is 2.39. The number of benzene rings is 1. The monoisotopic (exact) mass is 387 g/mol. The van der Waals surface area contributed by atoms with Crippen molar-refractivity contribution in [3.63, 3.8) is 0 Å². The summed E-state index contributed by atoms with van der Waals surface area (Å²) in [5.41, 5.74) is 0.668. The first-order valence-corrected chi connectivity index (χ1v) is 10.7. The minimum atomic E-state index is -3.58. The van der Waals surface area contributed by atoms with E-state index in [2.05, 4.69) is 9.88 Å². The molecule has 1 fully saturated rings. The Morgan fingerprint density at radius 3 is 2.63 bits per heavy atom. The van der Waals surface area contributed by atoms with E-state index in [1.807, 2.05) is 32.0 Å². The van der Waals surface area contributed by atoms with Gasteiger partial charge in [-0.2, -0.15) is 4.31 Å². The highest BCUT2D eigenvalue weighted by molar-refractivity contribution is 7.89. The number of hydrogen-bond acceptors (Lipinski definition) is 5. The van der Waals surface area contributed by atoms with Crippen molar-refractivity contribution in [2.75, 3.05) is 19.6 Å². The van der Waals surface area contributed by atoms with Crippen LogP contribution in [0.5, 0.6) is 5.75 Å². The average molecular weight is 388 g/mol. The van der Waals surface area contributed by atoms with Crippen molar-refractivity contribution in [1.29, 1.82) is 0 Å². The average Bonchev–Trinajstić information content (AvgIpc) is 2.98. The van der Waals surface area contributed by atoms with Gasteiger partial charge >= 0.3 is 0 Å². The standard InChI is InChI=1S/C20H25N3O3S/c1-16(2)23-15-20(26-18-5-3-4-6-19(18)27(23,24)25)9-12-22(14-20)13-17-7-10-21-11-8-17/h3-8,10-11,16H,9,12-15H2,1-2H3/t20-/m0/s1. The Hall–Kier alpha value is -1.96. The molecule has 0 radical (unpaired) electrons. The topological polar surface area (TPSA) is 62.7 Å². The van der Waals surface area contributed by atoms with E-state index in [1.54, 1.807) is 34.9 Å². The summed E-state index contributed by atoms with van der Waals surface area (Å²) in [5, 5.41) is 0. The van der Waals surface area contributed by atoms with Gasteiger partial charge in [0.2, 0.25) is 10.0 Å². The molecule has 7 heteroatoms. The first-order valence-electron chi connectivity index (χ1n) is 9.31. The van der Waals surface area contributed by atoms with E-state index in [4.69, 9.17) is 4.74 Å². The first-order chi connectivity index (χ1) is 12.9. The Labute approximate surface area is 160 Å². The highest BCUT2D eigenvalue weighted by Gasteiger charge is 2.48. The molecule has 27 heavy (non-hydrogen) atoms. The van der Waals surface area contributed by atoms with E-state index < -0.39 is 15.6 Å². The molecule has 3 heterocycles. The maximum absolute atomic E-state index is 13.2. The molecule has 0 saturated carbocycles.